The minimum Gasteiger partial charge on any atom is -0.497 e. The van der Waals surface area contributed by atoms with Crippen LogP contribution in [-0.4, -0.2) is 70.0 Å². The first-order valence-corrected chi connectivity index (χ1v) is 11.1. The molecule has 0 aliphatic heterocycles. The molecule has 0 bridgehead atoms. The van der Waals surface area contributed by atoms with E-state index in [9.17, 15) is 0 Å². The summed E-state index contributed by atoms with van der Waals surface area (Å²) in [5, 5.41) is 6.79. The number of aliphatic imine (C=N–C) groups is 1. The van der Waals surface area contributed by atoms with Gasteiger partial charge < -0.3 is 29.7 Å². The number of pyridine rings is 1. The van der Waals surface area contributed by atoms with Gasteiger partial charge in [0.1, 0.15) is 12.4 Å². The Hall–Kier alpha value is -2.11. The summed E-state index contributed by atoms with van der Waals surface area (Å²) in [5.74, 6) is 2.22. The molecule has 184 valence electrons. The summed E-state index contributed by atoms with van der Waals surface area (Å²) in [6.07, 6.45) is 2.67. The molecule has 1 heterocycles. The molecular weight excluding hydrogens is 533 g/mol. The van der Waals surface area contributed by atoms with Gasteiger partial charge in [-0.25, -0.2) is 9.98 Å². The van der Waals surface area contributed by atoms with Gasteiger partial charge in [0.2, 0.25) is 5.88 Å². The van der Waals surface area contributed by atoms with Gasteiger partial charge in [-0.1, -0.05) is 12.1 Å². The summed E-state index contributed by atoms with van der Waals surface area (Å²) in [7, 11) is 5.70. The van der Waals surface area contributed by atoms with E-state index in [1.54, 1.807) is 13.3 Å². The molecule has 0 aliphatic rings. The van der Waals surface area contributed by atoms with Crippen molar-refractivity contribution in [3.8, 4) is 11.6 Å². The summed E-state index contributed by atoms with van der Waals surface area (Å²) in [6, 6.07) is 11.9. The Bertz CT molecular complexity index is 803. The third-order valence-corrected chi connectivity index (χ3v) is 4.59. The highest BCUT2D eigenvalue weighted by Gasteiger charge is 2.03. The predicted molar refractivity (Wildman–Crippen MR) is 144 cm³/mol. The largest absolute Gasteiger partial charge is 0.497 e. The van der Waals surface area contributed by atoms with Crippen LogP contribution in [0.4, 0.5) is 0 Å². The van der Waals surface area contributed by atoms with E-state index in [0.29, 0.717) is 25.6 Å². The quantitative estimate of drug-likeness (QED) is 0.156. The van der Waals surface area contributed by atoms with Crippen molar-refractivity contribution < 1.29 is 14.2 Å². The second-order valence-electron chi connectivity index (χ2n) is 7.50. The SMILES string of the molecule is CCOCCCNC(=NCc1ccnc(OCCN(C)C)c1)NCc1ccc(OC)cc1.I. The number of nitrogens with one attached hydrogen (secondary N) is 2. The molecule has 8 nitrogen and oxygen atoms in total. The highest BCUT2D eigenvalue weighted by Crippen LogP contribution is 2.12. The molecular formula is C24H38IN5O3. The maximum absolute atomic E-state index is 5.73. The molecule has 0 saturated carbocycles. The first-order chi connectivity index (χ1) is 15.6. The van der Waals surface area contributed by atoms with Crippen LogP contribution >= 0.6 is 24.0 Å². The number of aromatic nitrogens is 1. The van der Waals surface area contributed by atoms with Crippen LogP contribution in [0.2, 0.25) is 0 Å². The fraction of sp³-hybridized carbons (Fsp3) is 0.500. The fourth-order valence-corrected chi connectivity index (χ4v) is 2.76. The normalized spacial score (nSPS) is 11.1. The molecule has 0 radical (unpaired) electrons. The molecule has 2 rings (SSSR count). The topological polar surface area (TPSA) is 80.2 Å². The van der Waals surface area contributed by atoms with E-state index in [1.807, 2.05) is 57.4 Å². The third kappa shape index (κ3) is 12.6. The monoisotopic (exact) mass is 571 g/mol. The number of rotatable bonds is 14. The molecule has 0 unspecified atom stereocenters. The lowest BCUT2D eigenvalue weighted by molar-refractivity contribution is 0.145. The zero-order valence-electron chi connectivity index (χ0n) is 20.2. The number of methoxy groups -OCH3 is 1. The highest BCUT2D eigenvalue weighted by molar-refractivity contribution is 14.0. The van der Waals surface area contributed by atoms with E-state index in [2.05, 4.69) is 20.5 Å². The molecule has 0 aliphatic carbocycles. The maximum Gasteiger partial charge on any atom is 0.213 e. The van der Waals surface area contributed by atoms with E-state index in [4.69, 9.17) is 19.2 Å². The van der Waals surface area contributed by atoms with Crippen LogP contribution in [0.1, 0.15) is 24.5 Å². The number of ether oxygens (including phenoxy) is 3. The minimum absolute atomic E-state index is 0. The fourth-order valence-electron chi connectivity index (χ4n) is 2.76. The summed E-state index contributed by atoms with van der Waals surface area (Å²) in [5.41, 5.74) is 2.19. The summed E-state index contributed by atoms with van der Waals surface area (Å²) >= 11 is 0. The van der Waals surface area contributed by atoms with Crippen molar-refractivity contribution in [2.24, 2.45) is 4.99 Å². The number of guanidine groups is 1. The van der Waals surface area contributed by atoms with Crippen molar-refractivity contribution in [2.75, 3.05) is 54.1 Å². The molecule has 2 N–H and O–H groups in total. The Kier molecular flexibility index (Phi) is 15.2. The summed E-state index contributed by atoms with van der Waals surface area (Å²) in [6.45, 7) is 6.88. The Morgan fingerprint density at radius 1 is 1.06 bits per heavy atom. The number of hydrogen-bond acceptors (Lipinski definition) is 6. The lowest BCUT2D eigenvalue weighted by atomic mass is 10.2. The van der Waals surface area contributed by atoms with Crippen LogP contribution in [0.15, 0.2) is 47.6 Å². The lowest BCUT2D eigenvalue weighted by Gasteiger charge is -2.13. The average molecular weight is 572 g/mol. The van der Waals surface area contributed by atoms with Crippen molar-refractivity contribution in [3.05, 3.63) is 53.7 Å². The van der Waals surface area contributed by atoms with E-state index in [0.717, 1.165) is 55.6 Å². The Labute approximate surface area is 215 Å². The Morgan fingerprint density at radius 2 is 1.85 bits per heavy atom. The van der Waals surface area contributed by atoms with Crippen LogP contribution in [0.5, 0.6) is 11.6 Å². The van der Waals surface area contributed by atoms with Crippen molar-refractivity contribution in [1.82, 2.24) is 20.5 Å². The minimum atomic E-state index is 0. The maximum atomic E-state index is 5.73. The van der Waals surface area contributed by atoms with Gasteiger partial charge in [0.05, 0.1) is 13.7 Å². The van der Waals surface area contributed by atoms with Crippen LogP contribution < -0.4 is 20.1 Å². The molecule has 2 aromatic rings. The van der Waals surface area contributed by atoms with Gasteiger partial charge in [-0.2, -0.15) is 0 Å². The van der Waals surface area contributed by atoms with Gasteiger partial charge in [0.15, 0.2) is 5.96 Å². The Balaban J connectivity index is 0.00000544. The van der Waals surface area contributed by atoms with Gasteiger partial charge in [-0.15, -0.1) is 24.0 Å². The standard InChI is InChI=1S/C24H37N5O3.HI/c1-5-31-15-6-12-26-24(27-18-20-7-9-22(30-4)10-8-20)28-19-21-11-13-25-23(17-21)32-16-14-29(2)3;/h7-11,13,17H,5-6,12,14-16,18-19H2,1-4H3,(H2,26,27,28);1H. The number of benzene rings is 1. The Morgan fingerprint density at radius 3 is 2.55 bits per heavy atom. The van der Waals surface area contributed by atoms with Crippen LogP contribution in [0.25, 0.3) is 0 Å². The highest BCUT2D eigenvalue weighted by atomic mass is 127. The predicted octanol–water partition coefficient (Wildman–Crippen LogP) is 3.31. The molecule has 1 aromatic carbocycles. The third-order valence-electron chi connectivity index (χ3n) is 4.59. The first-order valence-electron chi connectivity index (χ1n) is 11.1. The molecule has 33 heavy (non-hydrogen) atoms. The zero-order chi connectivity index (χ0) is 23.0. The number of halogens is 1. The van der Waals surface area contributed by atoms with Crippen molar-refractivity contribution in [3.63, 3.8) is 0 Å². The molecule has 0 amide bonds. The second-order valence-corrected chi connectivity index (χ2v) is 7.50. The molecule has 0 saturated heterocycles. The summed E-state index contributed by atoms with van der Waals surface area (Å²) in [4.78, 5) is 11.1. The summed E-state index contributed by atoms with van der Waals surface area (Å²) < 4.78 is 16.4. The number of nitrogens with zero attached hydrogens (tertiary/aromatic N) is 3. The van der Waals surface area contributed by atoms with Crippen LogP contribution in [0, 0.1) is 0 Å². The van der Waals surface area contributed by atoms with Gasteiger partial charge >= 0.3 is 0 Å². The van der Waals surface area contributed by atoms with Gasteiger partial charge in [0, 0.05) is 45.1 Å². The smallest absolute Gasteiger partial charge is 0.213 e. The number of likely N-dealkylation sites (N-methyl/N-ethyl adjacent to an activating group) is 1. The molecule has 1 aromatic heterocycles. The first kappa shape index (κ1) is 28.9. The molecule has 9 heteroatoms. The van der Waals surface area contributed by atoms with Gasteiger partial charge in [-0.05, 0) is 56.8 Å². The average Bonchev–Trinajstić information content (AvgIpc) is 2.80. The van der Waals surface area contributed by atoms with E-state index in [-0.39, 0.29) is 24.0 Å². The van der Waals surface area contributed by atoms with E-state index >= 15 is 0 Å². The van der Waals surface area contributed by atoms with Crippen molar-refractivity contribution in [2.45, 2.75) is 26.4 Å². The molecule has 0 fully saturated rings. The molecule has 0 spiro atoms. The molecule has 0 atom stereocenters. The van der Waals surface area contributed by atoms with Crippen molar-refractivity contribution in [1.29, 1.82) is 0 Å². The van der Waals surface area contributed by atoms with Gasteiger partial charge in [0.25, 0.3) is 0 Å². The van der Waals surface area contributed by atoms with Crippen molar-refractivity contribution >= 4 is 29.9 Å². The van der Waals surface area contributed by atoms with Crippen LogP contribution in [0.3, 0.4) is 0 Å². The van der Waals surface area contributed by atoms with Crippen LogP contribution in [-0.2, 0) is 17.8 Å². The zero-order valence-corrected chi connectivity index (χ0v) is 22.5. The van der Waals surface area contributed by atoms with Gasteiger partial charge in [-0.3, -0.25) is 0 Å². The number of hydrogen-bond donors (Lipinski definition) is 2. The van der Waals surface area contributed by atoms with E-state index in [1.165, 1.54) is 0 Å². The van der Waals surface area contributed by atoms with E-state index < -0.39 is 0 Å². The second kappa shape index (κ2) is 17.4. The lowest BCUT2D eigenvalue weighted by Crippen LogP contribution is -2.37.